The second-order valence-corrected chi connectivity index (χ2v) is 5.06. The molecular formula is C13H18F3N3. The predicted molar refractivity (Wildman–Crippen MR) is 67.9 cm³/mol. The van der Waals surface area contributed by atoms with Gasteiger partial charge in [0.2, 0.25) is 0 Å². The van der Waals surface area contributed by atoms with Crippen molar-refractivity contribution in [2.45, 2.75) is 43.9 Å². The van der Waals surface area contributed by atoms with Crippen molar-refractivity contribution in [3.63, 3.8) is 0 Å². The highest BCUT2D eigenvalue weighted by atomic mass is 19.4. The standard InChI is InChI=1S/C13H18F3N3/c1-19(10-7-5-9(17)6-8-10)12-4-2-3-11(18-12)13(14,15)16/h2-4,9-10H,5-8,17H2,1H3. The SMILES string of the molecule is CN(c1cccc(C(F)(F)F)n1)C1CCC(N)CC1. The molecule has 0 saturated heterocycles. The van der Waals surface area contributed by atoms with E-state index >= 15 is 0 Å². The first kappa shape index (κ1) is 14.1. The third-order valence-electron chi connectivity index (χ3n) is 3.68. The molecule has 1 aromatic heterocycles. The van der Waals surface area contributed by atoms with Crippen molar-refractivity contribution in [3.05, 3.63) is 23.9 Å². The fourth-order valence-corrected chi connectivity index (χ4v) is 2.45. The Hall–Kier alpha value is -1.30. The van der Waals surface area contributed by atoms with Crippen molar-refractivity contribution in [3.8, 4) is 0 Å². The number of alkyl halides is 3. The van der Waals surface area contributed by atoms with E-state index in [-0.39, 0.29) is 12.1 Å². The zero-order chi connectivity index (χ0) is 14.0. The molecule has 1 aliphatic rings. The van der Waals surface area contributed by atoms with Gasteiger partial charge < -0.3 is 10.6 Å². The summed E-state index contributed by atoms with van der Waals surface area (Å²) in [5.74, 6) is 0.371. The Bertz CT molecular complexity index is 425. The summed E-state index contributed by atoms with van der Waals surface area (Å²) in [4.78, 5) is 5.54. The molecule has 106 valence electrons. The van der Waals surface area contributed by atoms with Gasteiger partial charge in [0.15, 0.2) is 0 Å². The van der Waals surface area contributed by atoms with Gasteiger partial charge in [-0.2, -0.15) is 13.2 Å². The minimum Gasteiger partial charge on any atom is -0.357 e. The van der Waals surface area contributed by atoms with Crippen LogP contribution in [0.25, 0.3) is 0 Å². The fraction of sp³-hybridized carbons (Fsp3) is 0.615. The number of anilines is 1. The van der Waals surface area contributed by atoms with Crippen LogP contribution in [0, 0.1) is 0 Å². The number of nitrogens with zero attached hydrogens (tertiary/aromatic N) is 2. The molecule has 0 amide bonds. The zero-order valence-electron chi connectivity index (χ0n) is 10.8. The van der Waals surface area contributed by atoms with E-state index < -0.39 is 11.9 Å². The van der Waals surface area contributed by atoms with Gasteiger partial charge in [-0.15, -0.1) is 0 Å². The van der Waals surface area contributed by atoms with Gasteiger partial charge in [0, 0.05) is 19.1 Å². The number of halogens is 3. The summed E-state index contributed by atoms with van der Waals surface area (Å²) in [5, 5.41) is 0. The molecule has 0 aromatic carbocycles. The highest BCUT2D eigenvalue weighted by Crippen LogP contribution is 2.30. The Labute approximate surface area is 110 Å². The first-order chi connectivity index (χ1) is 8.88. The minimum atomic E-state index is -4.40. The Morgan fingerprint density at radius 2 is 1.84 bits per heavy atom. The van der Waals surface area contributed by atoms with E-state index in [1.807, 2.05) is 4.90 Å². The third kappa shape index (κ3) is 3.37. The molecule has 0 spiro atoms. The van der Waals surface area contributed by atoms with Crippen LogP contribution in [0.5, 0.6) is 0 Å². The number of rotatable bonds is 2. The highest BCUT2D eigenvalue weighted by Gasteiger charge is 2.33. The van der Waals surface area contributed by atoms with Gasteiger partial charge in [0.25, 0.3) is 0 Å². The van der Waals surface area contributed by atoms with Crippen LogP contribution < -0.4 is 10.6 Å². The summed E-state index contributed by atoms with van der Waals surface area (Å²) in [5.41, 5.74) is 4.99. The van der Waals surface area contributed by atoms with Crippen molar-refractivity contribution in [2.75, 3.05) is 11.9 Å². The fourth-order valence-electron chi connectivity index (χ4n) is 2.45. The van der Waals surface area contributed by atoms with Crippen LogP contribution in [0.4, 0.5) is 19.0 Å². The van der Waals surface area contributed by atoms with Gasteiger partial charge in [-0.1, -0.05) is 6.07 Å². The van der Waals surface area contributed by atoms with Gasteiger partial charge in [0.05, 0.1) is 0 Å². The number of aromatic nitrogens is 1. The molecule has 1 saturated carbocycles. The van der Waals surface area contributed by atoms with E-state index in [9.17, 15) is 13.2 Å². The molecule has 0 radical (unpaired) electrons. The lowest BCUT2D eigenvalue weighted by molar-refractivity contribution is -0.141. The molecule has 2 N–H and O–H groups in total. The topological polar surface area (TPSA) is 42.2 Å². The highest BCUT2D eigenvalue weighted by molar-refractivity contribution is 5.40. The molecule has 1 aliphatic carbocycles. The van der Waals surface area contributed by atoms with E-state index in [2.05, 4.69) is 4.98 Å². The van der Waals surface area contributed by atoms with Crippen molar-refractivity contribution in [2.24, 2.45) is 5.73 Å². The maximum atomic E-state index is 12.6. The lowest BCUT2D eigenvalue weighted by atomic mass is 9.91. The van der Waals surface area contributed by atoms with Crippen molar-refractivity contribution in [1.82, 2.24) is 4.98 Å². The first-order valence-electron chi connectivity index (χ1n) is 6.40. The maximum absolute atomic E-state index is 12.6. The van der Waals surface area contributed by atoms with E-state index in [1.165, 1.54) is 6.07 Å². The molecule has 6 heteroatoms. The molecular weight excluding hydrogens is 255 g/mol. The van der Waals surface area contributed by atoms with E-state index in [0.29, 0.717) is 5.82 Å². The number of pyridine rings is 1. The van der Waals surface area contributed by atoms with Crippen LogP contribution in [0.2, 0.25) is 0 Å². The Balaban J connectivity index is 2.13. The quantitative estimate of drug-likeness (QED) is 0.901. The summed E-state index contributed by atoms with van der Waals surface area (Å²) in [6, 6.07) is 4.45. The molecule has 0 aliphatic heterocycles. The normalized spacial score (nSPS) is 24.3. The molecule has 0 unspecified atom stereocenters. The van der Waals surface area contributed by atoms with Crippen LogP contribution in [0.1, 0.15) is 31.4 Å². The van der Waals surface area contributed by atoms with Crippen molar-refractivity contribution >= 4 is 5.82 Å². The monoisotopic (exact) mass is 273 g/mol. The van der Waals surface area contributed by atoms with Gasteiger partial charge in [-0.3, -0.25) is 0 Å². The molecule has 1 aromatic rings. The van der Waals surface area contributed by atoms with E-state index in [1.54, 1.807) is 13.1 Å². The molecule has 19 heavy (non-hydrogen) atoms. The van der Waals surface area contributed by atoms with Gasteiger partial charge >= 0.3 is 6.18 Å². The second-order valence-electron chi connectivity index (χ2n) is 5.06. The van der Waals surface area contributed by atoms with Crippen molar-refractivity contribution < 1.29 is 13.2 Å². The number of hydrogen-bond acceptors (Lipinski definition) is 3. The lowest BCUT2D eigenvalue weighted by Crippen LogP contribution is -2.39. The van der Waals surface area contributed by atoms with Crippen LogP contribution >= 0.6 is 0 Å². The van der Waals surface area contributed by atoms with Crippen molar-refractivity contribution in [1.29, 1.82) is 0 Å². The summed E-state index contributed by atoms with van der Waals surface area (Å²) >= 11 is 0. The zero-order valence-corrected chi connectivity index (χ0v) is 10.8. The predicted octanol–water partition coefficient (Wildman–Crippen LogP) is 2.81. The summed E-state index contributed by atoms with van der Waals surface area (Å²) in [6.07, 6.45) is -0.779. The number of hydrogen-bond donors (Lipinski definition) is 1. The Kier molecular flexibility index (Phi) is 3.99. The van der Waals surface area contributed by atoms with Gasteiger partial charge in [0.1, 0.15) is 11.5 Å². The first-order valence-corrected chi connectivity index (χ1v) is 6.40. The summed E-state index contributed by atoms with van der Waals surface area (Å²) in [6.45, 7) is 0. The Morgan fingerprint density at radius 1 is 1.21 bits per heavy atom. The Morgan fingerprint density at radius 3 is 2.42 bits per heavy atom. The third-order valence-corrected chi connectivity index (χ3v) is 3.68. The van der Waals surface area contributed by atoms with E-state index in [4.69, 9.17) is 5.73 Å². The second kappa shape index (κ2) is 5.36. The molecule has 1 fully saturated rings. The summed E-state index contributed by atoms with van der Waals surface area (Å²) < 4.78 is 37.9. The maximum Gasteiger partial charge on any atom is 0.433 e. The molecule has 3 nitrogen and oxygen atoms in total. The number of nitrogens with two attached hydrogens (primary N) is 1. The van der Waals surface area contributed by atoms with Crippen LogP contribution in [-0.4, -0.2) is 24.1 Å². The molecule has 1 heterocycles. The van der Waals surface area contributed by atoms with Crippen LogP contribution in [0.3, 0.4) is 0 Å². The summed E-state index contributed by atoms with van der Waals surface area (Å²) in [7, 11) is 1.80. The smallest absolute Gasteiger partial charge is 0.357 e. The van der Waals surface area contributed by atoms with E-state index in [0.717, 1.165) is 31.7 Å². The molecule has 0 bridgehead atoms. The van der Waals surface area contributed by atoms with Crippen LogP contribution in [0.15, 0.2) is 18.2 Å². The average Bonchev–Trinajstić information content (AvgIpc) is 2.38. The van der Waals surface area contributed by atoms with Gasteiger partial charge in [-0.05, 0) is 37.8 Å². The van der Waals surface area contributed by atoms with Gasteiger partial charge in [-0.25, -0.2) is 4.98 Å². The average molecular weight is 273 g/mol. The molecule has 0 atom stereocenters. The largest absolute Gasteiger partial charge is 0.433 e. The lowest BCUT2D eigenvalue weighted by Gasteiger charge is -2.34. The van der Waals surface area contributed by atoms with Crippen LogP contribution in [-0.2, 0) is 6.18 Å². The minimum absolute atomic E-state index is 0.218. The molecule has 2 rings (SSSR count).